The number of hydrogen-bond acceptors (Lipinski definition) is 4. The molecule has 2 rings (SSSR count). The van der Waals surface area contributed by atoms with Crippen LogP contribution in [0.5, 0.6) is 5.75 Å². The highest BCUT2D eigenvalue weighted by atomic mass is 19.1. The Kier molecular flexibility index (Phi) is 5.91. The lowest BCUT2D eigenvalue weighted by atomic mass is 9.80. The van der Waals surface area contributed by atoms with Crippen molar-refractivity contribution in [2.45, 2.75) is 18.3 Å². The Hall–Kier alpha value is -2.87. The zero-order chi connectivity index (χ0) is 17.5. The third kappa shape index (κ3) is 4.11. The second kappa shape index (κ2) is 8.11. The van der Waals surface area contributed by atoms with Crippen LogP contribution in [0.25, 0.3) is 0 Å². The fraction of sp³-hybridized carbons (Fsp3) is 0.263. The van der Waals surface area contributed by atoms with Crippen molar-refractivity contribution in [2.75, 3.05) is 14.2 Å². The second-order valence-electron chi connectivity index (χ2n) is 5.32. The quantitative estimate of drug-likeness (QED) is 0.758. The van der Waals surface area contributed by atoms with Gasteiger partial charge >= 0.3 is 5.97 Å². The van der Waals surface area contributed by atoms with Crippen LogP contribution in [-0.2, 0) is 9.53 Å². The zero-order valence-electron chi connectivity index (χ0n) is 13.5. The minimum Gasteiger partial charge on any atom is -0.497 e. The SMILES string of the molecule is COC(=O)CC(c1ccc(OC)cc1)C(C#N)c1cccc(F)c1. The maximum Gasteiger partial charge on any atom is 0.306 e. The number of ether oxygens (including phenoxy) is 2. The van der Waals surface area contributed by atoms with Gasteiger partial charge in [-0.25, -0.2) is 4.39 Å². The summed E-state index contributed by atoms with van der Waals surface area (Å²) in [5.74, 6) is -1.29. The van der Waals surface area contributed by atoms with Gasteiger partial charge in [-0.3, -0.25) is 4.79 Å². The molecule has 0 heterocycles. The Labute approximate surface area is 140 Å². The molecule has 24 heavy (non-hydrogen) atoms. The molecule has 0 aliphatic carbocycles. The Bertz CT molecular complexity index is 737. The lowest BCUT2D eigenvalue weighted by molar-refractivity contribution is -0.141. The summed E-state index contributed by atoms with van der Waals surface area (Å²) >= 11 is 0. The van der Waals surface area contributed by atoms with Crippen molar-refractivity contribution in [3.05, 3.63) is 65.5 Å². The van der Waals surface area contributed by atoms with E-state index in [0.717, 1.165) is 5.56 Å². The Morgan fingerprint density at radius 1 is 1.17 bits per heavy atom. The average molecular weight is 327 g/mol. The average Bonchev–Trinajstić information content (AvgIpc) is 2.61. The molecule has 124 valence electrons. The fourth-order valence-corrected chi connectivity index (χ4v) is 2.64. The first-order valence-corrected chi connectivity index (χ1v) is 7.45. The maximum atomic E-state index is 13.5. The lowest BCUT2D eigenvalue weighted by Gasteiger charge is -2.22. The van der Waals surface area contributed by atoms with E-state index in [9.17, 15) is 14.4 Å². The molecule has 0 aromatic heterocycles. The summed E-state index contributed by atoms with van der Waals surface area (Å²) < 4.78 is 23.4. The number of nitrogens with zero attached hydrogens (tertiary/aromatic N) is 1. The van der Waals surface area contributed by atoms with Crippen molar-refractivity contribution >= 4 is 5.97 Å². The van der Waals surface area contributed by atoms with Gasteiger partial charge in [-0.2, -0.15) is 5.26 Å². The Balaban J connectivity index is 2.43. The summed E-state index contributed by atoms with van der Waals surface area (Å²) in [6, 6.07) is 15.2. The van der Waals surface area contributed by atoms with E-state index in [0.29, 0.717) is 11.3 Å². The van der Waals surface area contributed by atoms with Crippen LogP contribution < -0.4 is 4.74 Å². The van der Waals surface area contributed by atoms with E-state index in [1.807, 2.05) is 0 Å². The second-order valence-corrected chi connectivity index (χ2v) is 5.32. The molecule has 0 N–H and O–H groups in total. The Morgan fingerprint density at radius 3 is 2.42 bits per heavy atom. The molecular weight excluding hydrogens is 309 g/mol. The number of hydrogen-bond donors (Lipinski definition) is 0. The molecule has 0 fully saturated rings. The molecule has 5 heteroatoms. The molecule has 0 radical (unpaired) electrons. The molecule has 0 amide bonds. The molecule has 4 nitrogen and oxygen atoms in total. The summed E-state index contributed by atoms with van der Waals surface area (Å²) in [6.45, 7) is 0. The van der Waals surface area contributed by atoms with Crippen LogP contribution in [0.2, 0.25) is 0 Å². The van der Waals surface area contributed by atoms with Gasteiger partial charge in [0.2, 0.25) is 0 Å². The van der Waals surface area contributed by atoms with Gasteiger partial charge in [0.05, 0.1) is 32.6 Å². The summed E-state index contributed by atoms with van der Waals surface area (Å²) in [4.78, 5) is 11.8. The van der Waals surface area contributed by atoms with Crippen molar-refractivity contribution in [1.29, 1.82) is 5.26 Å². The van der Waals surface area contributed by atoms with Crippen LogP contribution in [-0.4, -0.2) is 20.2 Å². The lowest BCUT2D eigenvalue weighted by Crippen LogP contribution is -2.16. The van der Waals surface area contributed by atoms with Crippen LogP contribution in [0.4, 0.5) is 4.39 Å². The molecular formula is C19H18FNO3. The highest BCUT2D eigenvalue weighted by Crippen LogP contribution is 2.36. The standard InChI is InChI=1S/C19H18FNO3/c1-23-16-8-6-13(7-9-16)17(11-19(22)24-2)18(12-21)14-4-3-5-15(20)10-14/h3-10,17-18H,11H2,1-2H3. The highest BCUT2D eigenvalue weighted by Gasteiger charge is 2.28. The number of carbonyl (C=O) groups is 1. The van der Waals surface area contributed by atoms with Gasteiger partial charge in [0.1, 0.15) is 11.6 Å². The number of esters is 1. The van der Waals surface area contributed by atoms with Crippen molar-refractivity contribution in [3.8, 4) is 11.8 Å². The summed E-state index contributed by atoms with van der Waals surface area (Å²) in [7, 11) is 2.86. The molecule has 0 saturated heterocycles. The van der Waals surface area contributed by atoms with Gasteiger partial charge in [-0.05, 0) is 35.4 Å². The van der Waals surface area contributed by atoms with E-state index >= 15 is 0 Å². The summed E-state index contributed by atoms with van der Waals surface area (Å²) in [5.41, 5.74) is 1.32. The van der Waals surface area contributed by atoms with Crippen molar-refractivity contribution in [1.82, 2.24) is 0 Å². The van der Waals surface area contributed by atoms with Crippen molar-refractivity contribution in [2.24, 2.45) is 0 Å². The smallest absolute Gasteiger partial charge is 0.306 e. The zero-order valence-corrected chi connectivity index (χ0v) is 13.5. The van der Waals surface area contributed by atoms with Gasteiger partial charge < -0.3 is 9.47 Å². The third-order valence-electron chi connectivity index (χ3n) is 3.91. The van der Waals surface area contributed by atoms with Gasteiger partial charge in [0.15, 0.2) is 0 Å². The predicted molar refractivity (Wildman–Crippen MR) is 87.1 cm³/mol. The number of nitriles is 1. The summed E-state index contributed by atoms with van der Waals surface area (Å²) in [5, 5.41) is 9.64. The molecule has 2 aromatic carbocycles. The normalized spacial score (nSPS) is 12.8. The summed E-state index contributed by atoms with van der Waals surface area (Å²) in [6.07, 6.45) is 0.0254. The van der Waals surface area contributed by atoms with Crippen LogP contribution in [0, 0.1) is 17.1 Å². The van der Waals surface area contributed by atoms with Crippen LogP contribution in [0.1, 0.15) is 29.4 Å². The highest BCUT2D eigenvalue weighted by molar-refractivity contribution is 5.71. The van der Waals surface area contributed by atoms with Crippen LogP contribution in [0.15, 0.2) is 48.5 Å². The maximum absolute atomic E-state index is 13.5. The predicted octanol–water partition coefficient (Wildman–Crippen LogP) is 3.79. The number of rotatable bonds is 6. The van der Waals surface area contributed by atoms with E-state index in [1.54, 1.807) is 43.5 Å². The van der Waals surface area contributed by atoms with E-state index in [2.05, 4.69) is 6.07 Å². The molecule has 0 saturated carbocycles. The van der Waals surface area contributed by atoms with E-state index < -0.39 is 23.6 Å². The number of carbonyl (C=O) groups excluding carboxylic acids is 1. The van der Waals surface area contributed by atoms with E-state index in [1.165, 1.54) is 19.2 Å². The van der Waals surface area contributed by atoms with Gasteiger partial charge in [-0.15, -0.1) is 0 Å². The van der Waals surface area contributed by atoms with Crippen molar-refractivity contribution in [3.63, 3.8) is 0 Å². The monoisotopic (exact) mass is 327 g/mol. The molecule has 2 aromatic rings. The molecule has 0 bridgehead atoms. The van der Waals surface area contributed by atoms with Gasteiger partial charge in [-0.1, -0.05) is 24.3 Å². The third-order valence-corrected chi connectivity index (χ3v) is 3.91. The minimum atomic E-state index is -0.673. The Morgan fingerprint density at radius 2 is 1.88 bits per heavy atom. The first kappa shape index (κ1) is 17.5. The minimum absolute atomic E-state index is 0.0254. The van der Waals surface area contributed by atoms with Gasteiger partial charge in [0, 0.05) is 5.92 Å². The molecule has 2 unspecified atom stereocenters. The van der Waals surface area contributed by atoms with E-state index in [-0.39, 0.29) is 6.42 Å². The number of benzene rings is 2. The van der Waals surface area contributed by atoms with Gasteiger partial charge in [0.25, 0.3) is 0 Å². The van der Waals surface area contributed by atoms with Crippen LogP contribution in [0.3, 0.4) is 0 Å². The topological polar surface area (TPSA) is 59.3 Å². The number of halogens is 1. The van der Waals surface area contributed by atoms with Crippen molar-refractivity contribution < 1.29 is 18.7 Å². The first-order chi connectivity index (χ1) is 11.6. The van der Waals surface area contributed by atoms with E-state index in [4.69, 9.17) is 9.47 Å². The molecule has 2 atom stereocenters. The molecule has 0 aliphatic rings. The number of methoxy groups -OCH3 is 2. The fourth-order valence-electron chi connectivity index (χ4n) is 2.64. The molecule has 0 spiro atoms. The molecule has 0 aliphatic heterocycles. The van der Waals surface area contributed by atoms with Crippen LogP contribution >= 0.6 is 0 Å². The largest absolute Gasteiger partial charge is 0.497 e. The first-order valence-electron chi connectivity index (χ1n) is 7.45.